The highest BCUT2D eigenvalue weighted by atomic mass is 19.2. The third-order valence-electron chi connectivity index (χ3n) is 3.52. The lowest BCUT2D eigenvalue weighted by Crippen LogP contribution is -2.30. The second-order valence-corrected chi connectivity index (χ2v) is 5.50. The summed E-state index contributed by atoms with van der Waals surface area (Å²) in [7, 11) is 2.80. The van der Waals surface area contributed by atoms with Gasteiger partial charge in [0.1, 0.15) is 5.75 Å². The lowest BCUT2D eigenvalue weighted by molar-refractivity contribution is -0.117. The number of rotatable bonds is 6. The van der Waals surface area contributed by atoms with Crippen LogP contribution in [0.2, 0.25) is 0 Å². The molecular weight excluding hydrogens is 359 g/mol. The van der Waals surface area contributed by atoms with E-state index in [1.165, 1.54) is 14.2 Å². The summed E-state index contributed by atoms with van der Waals surface area (Å²) in [5.74, 6) is -10.0. The van der Waals surface area contributed by atoms with E-state index < -0.39 is 47.1 Å². The van der Waals surface area contributed by atoms with Crippen molar-refractivity contribution >= 4 is 11.6 Å². The maximum absolute atomic E-state index is 13.7. The maximum Gasteiger partial charge on any atom is 0.238 e. The molecular formula is C17H15F5N2O2. The number of methoxy groups -OCH3 is 1. The average molecular weight is 374 g/mol. The Morgan fingerprint density at radius 1 is 0.962 bits per heavy atom. The molecule has 0 heterocycles. The molecule has 0 saturated carbocycles. The Bertz CT molecular complexity index is 783. The number of benzene rings is 2. The Balaban J connectivity index is 2.04. The van der Waals surface area contributed by atoms with E-state index in [0.29, 0.717) is 11.4 Å². The standard InChI is InChI=1S/C17H15F5N2O2/c1-24(7-11-13(18)15(20)17(22)16(21)14(11)19)8-12(25)23-9-3-5-10(26-2)6-4-9/h3-6H,7-8H2,1-2H3,(H,23,25). The predicted octanol–water partition coefficient (Wildman–Crippen LogP) is 3.46. The highest BCUT2D eigenvalue weighted by Crippen LogP contribution is 2.24. The molecule has 0 radical (unpaired) electrons. The van der Waals surface area contributed by atoms with Gasteiger partial charge in [-0.25, -0.2) is 22.0 Å². The third-order valence-corrected chi connectivity index (χ3v) is 3.52. The van der Waals surface area contributed by atoms with E-state index in [0.717, 1.165) is 4.90 Å². The van der Waals surface area contributed by atoms with E-state index in [1.807, 2.05) is 0 Å². The summed E-state index contributed by atoms with van der Waals surface area (Å²) < 4.78 is 71.7. The number of halogens is 5. The molecule has 26 heavy (non-hydrogen) atoms. The molecule has 1 N–H and O–H groups in total. The fourth-order valence-electron chi connectivity index (χ4n) is 2.24. The van der Waals surface area contributed by atoms with Crippen molar-refractivity contribution in [3.05, 3.63) is 58.9 Å². The molecule has 0 atom stereocenters. The zero-order chi connectivity index (χ0) is 19.4. The van der Waals surface area contributed by atoms with E-state index in [1.54, 1.807) is 24.3 Å². The van der Waals surface area contributed by atoms with Crippen molar-refractivity contribution in [3.63, 3.8) is 0 Å². The molecule has 2 rings (SSSR count). The van der Waals surface area contributed by atoms with E-state index in [-0.39, 0.29) is 6.54 Å². The number of anilines is 1. The van der Waals surface area contributed by atoms with Crippen LogP contribution in [-0.2, 0) is 11.3 Å². The van der Waals surface area contributed by atoms with Gasteiger partial charge in [-0.2, -0.15) is 0 Å². The van der Waals surface area contributed by atoms with Crippen LogP contribution in [0, 0.1) is 29.1 Å². The largest absolute Gasteiger partial charge is 0.497 e. The number of amides is 1. The molecule has 0 saturated heterocycles. The smallest absolute Gasteiger partial charge is 0.238 e. The number of carbonyl (C=O) groups is 1. The first-order valence-corrected chi connectivity index (χ1v) is 7.37. The summed E-state index contributed by atoms with van der Waals surface area (Å²) >= 11 is 0. The summed E-state index contributed by atoms with van der Waals surface area (Å²) in [6, 6.07) is 6.41. The van der Waals surface area contributed by atoms with Crippen LogP contribution in [-0.4, -0.2) is 31.5 Å². The van der Waals surface area contributed by atoms with Crippen LogP contribution < -0.4 is 10.1 Å². The predicted molar refractivity (Wildman–Crippen MR) is 84.2 cm³/mol. The van der Waals surface area contributed by atoms with Crippen molar-refractivity contribution in [2.45, 2.75) is 6.54 Å². The van der Waals surface area contributed by atoms with Crippen LogP contribution in [0.25, 0.3) is 0 Å². The van der Waals surface area contributed by atoms with Gasteiger partial charge in [-0.05, 0) is 31.3 Å². The number of hydrogen-bond donors (Lipinski definition) is 1. The minimum Gasteiger partial charge on any atom is -0.497 e. The number of carbonyl (C=O) groups excluding carboxylic acids is 1. The SMILES string of the molecule is COc1ccc(NC(=O)CN(C)Cc2c(F)c(F)c(F)c(F)c2F)cc1. The molecule has 2 aromatic carbocycles. The highest BCUT2D eigenvalue weighted by molar-refractivity contribution is 5.92. The van der Waals surface area contributed by atoms with Gasteiger partial charge in [-0.1, -0.05) is 0 Å². The van der Waals surface area contributed by atoms with Crippen molar-refractivity contribution in [2.75, 3.05) is 26.0 Å². The number of nitrogens with zero attached hydrogens (tertiary/aromatic N) is 1. The van der Waals surface area contributed by atoms with E-state index in [9.17, 15) is 26.7 Å². The van der Waals surface area contributed by atoms with Gasteiger partial charge in [0, 0.05) is 17.8 Å². The molecule has 0 aliphatic carbocycles. The molecule has 0 unspecified atom stereocenters. The molecule has 140 valence electrons. The summed E-state index contributed by atoms with van der Waals surface area (Å²) in [5.41, 5.74) is -0.540. The van der Waals surface area contributed by atoms with Crippen molar-refractivity contribution < 1.29 is 31.5 Å². The molecule has 9 heteroatoms. The van der Waals surface area contributed by atoms with Crippen LogP contribution >= 0.6 is 0 Å². The van der Waals surface area contributed by atoms with Gasteiger partial charge in [0.25, 0.3) is 0 Å². The minimum absolute atomic E-state index is 0.328. The Morgan fingerprint density at radius 2 is 1.46 bits per heavy atom. The molecule has 2 aromatic rings. The van der Waals surface area contributed by atoms with Crippen molar-refractivity contribution in [1.82, 2.24) is 4.90 Å². The van der Waals surface area contributed by atoms with E-state index in [2.05, 4.69) is 5.32 Å². The van der Waals surface area contributed by atoms with Crippen LogP contribution in [0.5, 0.6) is 5.75 Å². The Kier molecular flexibility index (Phi) is 6.14. The van der Waals surface area contributed by atoms with Crippen molar-refractivity contribution in [2.24, 2.45) is 0 Å². The third kappa shape index (κ3) is 4.29. The number of nitrogens with one attached hydrogen (secondary N) is 1. The Morgan fingerprint density at radius 3 is 1.96 bits per heavy atom. The van der Waals surface area contributed by atoms with E-state index >= 15 is 0 Å². The van der Waals surface area contributed by atoms with Gasteiger partial charge in [0.2, 0.25) is 11.7 Å². The number of hydrogen-bond acceptors (Lipinski definition) is 3. The molecule has 0 aliphatic heterocycles. The molecule has 0 fully saturated rings. The summed E-state index contributed by atoms with van der Waals surface area (Å²) in [6.45, 7) is -0.965. The van der Waals surface area contributed by atoms with E-state index in [4.69, 9.17) is 4.74 Å². The fourth-order valence-corrected chi connectivity index (χ4v) is 2.24. The normalized spacial score (nSPS) is 10.9. The van der Waals surface area contributed by atoms with Gasteiger partial charge in [-0.15, -0.1) is 0 Å². The summed E-state index contributed by atoms with van der Waals surface area (Å²) in [5, 5.41) is 2.54. The monoisotopic (exact) mass is 374 g/mol. The quantitative estimate of drug-likeness (QED) is 0.478. The zero-order valence-electron chi connectivity index (χ0n) is 13.9. The number of likely N-dealkylation sites (N-methyl/N-ethyl adjacent to an activating group) is 1. The van der Waals surface area contributed by atoms with Crippen molar-refractivity contribution in [3.8, 4) is 5.75 Å². The lowest BCUT2D eigenvalue weighted by Gasteiger charge is -2.18. The first-order valence-electron chi connectivity index (χ1n) is 7.37. The van der Waals surface area contributed by atoms with Gasteiger partial charge >= 0.3 is 0 Å². The first kappa shape index (κ1) is 19.6. The van der Waals surface area contributed by atoms with Gasteiger partial charge in [0.15, 0.2) is 23.3 Å². The maximum atomic E-state index is 13.7. The highest BCUT2D eigenvalue weighted by Gasteiger charge is 2.26. The van der Waals surface area contributed by atoms with Crippen LogP contribution in [0.3, 0.4) is 0 Å². The first-order chi connectivity index (χ1) is 12.2. The van der Waals surface area contributed by atoms with Crippen molar-refractivity contribution in [1.29, 1.82) is 0 Å². The van der Waals surface area contributed by atoms with Crippen LogP contribution in [0.1, 0.15) is 5.56 Å². The second-order valence-electron chi connectivity index (χ2n) is 5.50. The molecule has 0 aliphatic rings. The molecule has 0 spiro atoms. The molecule has 4 nitrogen and oxygen atoms in total. The zero-order valence-corrected chi connectivity index (χ0v) is 13.9. The molecule has 0 aromatic heterocycles. The topological polar surface area (TPSA) is 41.6 Å². The van der Waals surface area contributed by atoms with Gasteiger partial charge < -0.3 is 10.1 Å². The molecule has 1 amide bonds. The van der Waals surface area contributed by atoms with Crippen LogP contribution in [0.4, 0.5) is 27.6 Å². The molecule has 0 bridgehead atoms. The Labute approximate surface area is 146 Å². The number of ether oxygens (including phenoxy) is 1. The Hall–Kier alpha value is -2.68. The lowest BCUT2D eigenvalue weighted by atomic mass is 10.1. The summed E-state index contributed by atoms with van der Waals surface area (Å²) in [4.78, 5) is 13.1. The van der Waals surface area contributed by atoms with Gasteiger partial charge in [-0.3, -0.25) is 9.69 Å². The average Bonchev–Trinajstić information content (AvgIpc) is 2.62. The van der Waals surface area contributed by atoms with Crippen LogP contribution in [0.15, 0.2) is 24.3 Å². The summed E-state index contributed by atoms with van der Waals surface area (Å²) in [6.07, 6.45) is 0. The van der Waals surface area contributed by atoms with Gasteiger partial charge in [0.05, 0.1) is 13.7 Å². The minimum atomic E-state index is -2.22. The fraction of sp³-hybridized carbons (Fsp3) is 0.235. The second kappa shape index (κ2) is 8.13.